The summed E-state index contributed by atoms with van der Waals surface area (Å²) in [5, 5.41) is 9.27. The van der Waals surface area contributed by atoms with Crippen molar-refractivity contribution in [3.8, 4) is 11.5 Å². The highest BCUT2D eigenvalue weighted by Gasteiger charge is 2.04. The summed E-state index contributed by atoms with van der Waals surface area (Å²) in [6, 6.07) is 9.49. The van der Waals surface area contributed by atoms with Crippen LogP contribution in [0.2, 0.25) is 0 Å². The maximum atomic E-state index is 9.27. The van der Waals surface area contributed by atoms with Crippen molar-refractivity contribution >= 4 is 0 Å². The summed E-state index contributed by atoms with van der Waals surface area (Å²) in [7, 11) is 0. The maximum Gasteiger partial charge on any atom is 0.145 e. The minimum absolute atomic E-state index is 0.0314. The van der Waals surface area contributed by atoms with E-state index in [4.69, 9.17) is 4.74 Å². The molecule has 0 spiro atoms. The first-order valence-electron chi connectivity index (χ1n) is 5.50. The second kappa shape index (κ2) is 4.97. The molecule has 0 amide bonds. The van der Waals surface area contributed by atoms with Crippen molar-refractivity contribution in [1.82, 2.24) is 4.98 Å². The molecule has 0 bridgehead atoms. The van der Waals surface area contributed by atoms with Gasteiger partial charge < -0.3 is 9.84 Å². The van der Waals surface area contributed by atoms with Crippen molar-refractivity contribution in [2.24, 2.45) is 0 Å². The smallest absolute Gasteiger partial charge is 0.145 e. The summed E-state index contributed by atoms with van der Waals surface area (Å²) in [5.41, 5.74) is 2.83. The predicted molar refractivity (Wildman–Crippen MR) is 66.1 cm³/mol. The normalized spacial score (nSPS) is 10.3. The number of benzene rings is 1. The average molecular weight is 229 g/mol. The minimum atomic E-state index is -0.0314. The Kier molecular flexibility index (Phi) is 3.40. The number of ether oxygens (including phenoxy) is 1. The summed E-state index contributed by atoms with van der Waals surface area (Å²) >= 11 is 0. The van der Waals surface area contributed by atoms with Crippen LogP contribution < -0.4 is 4.74 Å². The van der Waals surface area contributed by atoms with Gasteiger partial charge >= 0.3 is 0 Å². The fourth-order valence-corrected chi connectivity index (χ4v) is 1.57. The van der Waals surface area contributed by atoms with Crippen molar-refractivity contribution in [3.63, 3.8) is 0 Å². The average Bonchev–Trinajstić information content (AvgIpc) is 2.34. The third-order valence-corrected chi connectivity index (χ3v) is 2.50. The van der Waals surface area contributed by atoms with Crippen molar-refractivity contribution in [1.29, 1.82) is 0 Å². The minimum Gasteiger partial charge on any atom is -0.455 e. The topological polar surface area (TPSA) is 42.4 Å². The van der Waals surface area contributed by atoms with Gasteiger partial charge in [-0.15, -0.1) is 0 Å². The van der Waals surface area contributed by atoms with Crippen molar-refractivity contribution < 1.29 is 9.84 Å². The van der Waals surface area contributed by atoms with Gasteiger partial charge in [0.25, 0.3) is 0 Å². The van der Waals surface area contributed by atoms with Crippen LogP contribution >= 0.6 is 0 Å². The van der Waals surface area contributed by atoms with E-state index in [-0.39, 0.29) is 6.61 Å². The lowest BCUT2D eigenvalue weighted by Crippen LogP contribution is -1.93. The molecule has 0 saturated heterocycles. The first-order valence-corrected chi connectivity index (χ1v) is 5.50. The molecule has 0 aliphatic heterocycles. The lowest BCUT2D eigenvalue weighted by molar-refractivity contribution is 0.276. The van der Waals surface area contributed by atoms with Crippen molar-refractivity contribution in [3.05, 3.63) is 53.3 Å². The van der Waals surface area contributed by atoms with Crippen molar-refractivity contribution in [2.75, 3.05) is 0 Å². The molecule has 1 heterocycles. The molecule has 1 aromatic carbocycles. The van der Waals surface area contributed by atoms with Gasteiger partial charge in [0, 0.05) is 11.3 Å². The lowest BCUT2D eigenvalue weighted by atomic mass is 10.1. The number of nitrogens with zero attached hydrogens (tertiary/aromatic N) is 1. The van der Waals surface area contributed by atoms with Crippen LogP contribution in [-0.4, -0.2) is 10.1 Å². The third-order valence-electron chi connectivity index (χ3n) is 2.50. The summed E-state index contributed by atoms with van der Waals surface area (Å²) < 4.78 is 5.69. The second-order valence-corrected chi connectivity index (χ2v) is 4.01. The summed E-state index contributed by atoms with van der Waals surface area (Å²) in [5.74, 6) is 1.35. The molecule has 1 N–H and O–H groups in total. The number of aryl methyl sites for hydroxylation is 2. The highest BCUT2D eigenvalue weighted by molar-refractivity contribution is 5.39. The van der Waals surface area contributed by atoms with Crippen LogP contribution in [-0.2, 0) is 6.61 Å². The van der Waals surface area contributed by atoms with Gasteiger partial charge in [0.2, 0.25) is 0 Å². The highest BCUT2D eigenvalue weighted by Crippen LogP contribution is 2.25. The molecule has 88 valence electrons. The predicted octanol–water partition coefficient (Wildman–Crippen LogP) is 2.98. The number of aliphatic hydroxyl groups excluding tert-OH is 1. The Morgan fingerprint density at radius 1 is 1.18 bits per heavy atom. The summed E-state index contributed by atoms with van der Waals surface area (Å²) in [6.07, 6.45) is 1.68. The van der Waals surface area contributed by atoms with Gasteiger partial charge in [0.15, 0.2) is 0 Å². The van der Waals surface area contributed by atoms with Crippen LogP contribution in [0.4, 0.5) is 0 Å². The lowest BCUT2D eigenvalue weighted by Gasteiger charge is -2.10. The van der Waals surface area contributed by atoms with Crippen molar-refractivity contribution in [2.45, 2.75) is 20.5 Å². The summed E-state index contributed by atoms with van der Waals surface area (Å²) in [6.45, 7) is 3.88. The van der Waals surface area contributed by atoms with Crippen LogP contribution in [0, 0.1) is 13.8 Å². The van der Waals surface area contributed by atoms with E-state index in [1.54, 1.807) is 6.20 Å². The van der Waals surface area contributed by atoms with Crippen LogP contribution in [0.25, 0.3) is 0 Å². The molecule has 0 saturated carbocycles. The zero-order valence-corrected chi connectivity index (χ0v) is 9.97. The van der Waals surface area contributed by atoms with E-state index in [9.17, 15) is 5.11 Å². The number of pyridine rings is 1. The van der Waals surface area contributed by atoms with Crippen LogP contribution in [0.1, 0.15) is 16.8 Å². The quantitative estimate of drug-likeness (QED) is 0.879. The van der Waals surface area contributed by atoms with E-state index in [1.807, 2.05) is 44.2 Å². The fraction of sp³-hybridized carbons (Fsp3) is 0.214. The van der Waals surface area contributed by atoms with E-state index < -0.39 is 0 Å². The van der Waals surface area contributed by atoms with Crippen LogP contribution in [0.3, 0.4) is 0 Å². The molecule has 0 aliphatic carbocycles. The second-order valence-electron chi connectivity index (χ2n) is 4.01. The molecule has 3 nitrogen and oxygen atoms in total. The molecule has 0 aliphatic rings. The Morgan fingerprint density at radius 2 is 2.00 bits per heavy atom. The molecule has 2 rings (SSSR count). The molecule has 0 radical (unpaired) electrons. The Bertz CT molecular complexity index is 506. The largest absolute Gasteiger partial charge is 0.455 e. The SMILES string of the molecule is Cc1ccc(Oc2ccc(C)nc2)c(CO)c1. The Labute approximate surface area is 101 Å². The molecular formula is C14H15NO2. The van der Waals surface area contributed by atoms with E-state index in [0.717, 1.165) is 16.8 Å². The molecular weight excluding hydrogens is 214 g/mol. The van der Waals surface area contributed by atoms with Gasteiger partial charge in [-0.25, -0.2) is 0 Å². The molecule has 2 aromatic rings. The van der Waals surface area contributed by atoms with Gasteiger partial charge in [0.1, 0.15) is 11.5 Å². The van der Waals surface area contributed by atoms with Crippen LogP contribution in [0.15, 0.2) is 36.5 Å². The fourth-order valence-electron chi connectivity index (χ4n) is 1.57. The van der Waals surface area contributed by atoms with Gasteiger partial charge in [-0.2, -0.15) is 0 Å². The Hall–Kier alpha value is -1.87. The Balaban J connectivity index is 2.26. The Morgan fingerprint density at radius 3 is 2.65 bits per heavy atom. The number of aliphatic hydroxyl groups is 1. The van der Waals surface area contributed by atoms with Gasteiger partial charge in [-0.1, -0.05) is 17.7 Å². The van der Waals surface area contributed by atoms with E-state index in [0.29, 0.717) is 11.5 Å². The van der Waals surface area contributed by atoms with E-state index in [1.165, 1.54) is 0 Å². The van der Waals surface area contributed by atoms with Crippen LogP contribution in [0.5, 0.6) is 11.5 Å². The number of hydrogen-bond donors (Lipinski definition) is 1. The first-order chi connectivity index (χ1) is 8.19. The molecule has 0 atom stereocenters. The maximum absolute atomic E-state index is 9.27. The van der Waals surface area contributed by atoms with E-state index >= 15 is 0 Å². The van der Waals surface area contributed by atoms with Gasteiger partial charge in [-0.05, 0) is 32.0 Å². The molecule has 3 heteroatoms. The third kappa shape index (κ3) is 2.82. The number of rotatable bonds is 3. The van der Waals surface area contributed by atoms with Gasteiger partial charge in [-0.3, -0.25) is 4.98 Å². The molecule has 1 aromatic heterocycles. The first kappa shape index (κ1) is 11.6. The number of aromatic nitrogens is 1. The highest BCUT2D eigenvalue weighted by atomic mass is 16.5. The monoisotopic (exact) mass is 229 g/mol. The zero-order chi connectivity index (χ0) is 12.3. The van der Waals surface area contributed by atoms with Gasteiger partial charge in [0.05, 0.1) is 12.8 Å². The number of hydrogen-bond acceptors (Lipinski definition) is 3. The standard InChI is InChI=1S/C14H15NO2/c1-10-3-6-14(12(7-10)9-16)17-13-5-4-11(2)15-8-13/h3-8,16H,9H2,1-2H3. The summed E-state index contributed by atoms with van der Waals surface area (Å²) in [4.78, 5) is 4.16. The molecule has 0 unspecified atom stereocenters. The molecule has 0 fully saturated rings. The zero-order valence-electron chi connectivity index (χ0n) is 9.97. The molecule has 17 heavy (non-hydrogen) atoms. The van der Waals surface area contributed by atoms with E-state index in [2.05, 4.69) is 4.98 Å².